The Bertz CT molecular complexity index is 880. The number of carbonyl (C=O) groups is 1. The van der Waals surface area contributed by atoms with Gasteiger partial charge in [0.15, 0.2) is 0 Å². The van der Waals surface area contributed by atoms with Gasteiger partial charge >= 0.3 is 0 Å². The molecule has 2 N–H and O–H groups in total. The van der Waals surface area contributed by atoms with Gasteiger partial charge in [0.05, 0.1) is 24.0 Å². The van der Waals surface area contributed by atoms with Gasteiger partial charge < -0.3 is 15.4 Å². The summed E-state index contributed by atoms with van der Waals surface area (Å²) in [4.78, 5) is 16.9. The first-order valence-corrected chi connectivity index (χ1v) is 9.97. The number of halogens is 1. The zero-order valence-corrected chi connectivity index (χ0v) is 17.1. The van der Waals surface area contributed by atoms with E-state index < -0.39 is 0 Å². The lowest BCUT2D eigenvalue weighted by Gasteiger charge is -2.14. The lowest BCUT2D eigenvalue weighted by atomic mass is 9.97. The highest BCUT2D eigenvalue weighted by molar-refractivity contribution is 6.31. The maximum absolute atomic E-state index is 12.7. The second kappa shape index (κ2) is 9.60. The molecule has 2 aromatic rings. The number of benzene rings is 1. The highest BCUT2D eigenvalue weighted by Gasteiger charge is 2.13. The van der Waals surface area contributed by atoms with Gasteiger partial charge in [-0.3, -0.25) is 9.78 Å². The van der Waals surface area contributed by atoms with Crippen LogP contribution in [0.3, 0.4) is 0 Å². The van der Waals surface area contributed by atoms with E-state index in [4.69, 9.17) is 16.3 Å². The highest BCUT2D eigenvalue weighted by atomic mass is 35.5. The standard InChI is InChI=1S/C22H26ClN3O2/c1-15-10-20(21(28-2)12-19(15)23)26-22(27)17-11-18(14-24-13-17)25-9-8-16-6-4-3-5-7-16/h6,10-14,25H,3-5,7-9H2,1-2H3,(H,26,27). The molecule has 1 aromatic carbocycles. The minimum Gasteiger partial charge on any atom is -0.495 e. The quantitative estimate of drug-likeness (QED) is 0.594. The summed E-state index contributed by atoms with van der Waals surface area (Å²) in [6, 6.07) is 5.31. The van der Waals surface area contributed by atoms with Crippen LogP contribution < -0.4 is 15.4 Å². The molecule has 1 heterocycles. The number of anilines is 2. The molecule has 6 heteroatoms. The maximum atomic E-state index is 12.7. The third kappa shape index (κ3) is 5.26. The molecule has 0 fully saturated rings. The van der Waals surface area contributed by atoms with Crippen molar-refractivity contribution in [3.63, 3.8) is 0 Å². The lowest BCUT2D eigenvalue weighted by molar-refractivity contribution is 0.102. The summed E-state index contributed by atoms with van der Waals surface area (Å²) >= 11 is 6.13. The predicted octanol–water partition coefficient (Wildman–Crippen LogP) is 5.61. The Morgan fingerprint density at radius 2 is 2.11 bits per heavy atom. The summed E-state index contributed by atoms with van der Waals surface area (Å²) in [5, 5.41) is 6.84. The number of hydrogen-bond acceptors (Lipinski definition) is 4. The van der Waals surface area contributed by atoms with Crippen LogP contribution in [0.15, 0.2) is 42.2 Å². The minimum atomic E-state index is -0.244. The Hall–Kier alpha value is -2.53. The van der Waals surface area contributed by atoms with Crippen LogP contribution in [0.1, 0.15) is 48.0 Å². The van der Waals surface area contributed by atoms with Crippen molar-refractivity contribution < 1.29 is 9.53 Å². The van der Waals surface area contributed by atoms with Gasteiger partial charge in [0.25, 0.3) is 5.91 Å². The summed E-state index contributed by atoms with van der Waals surface area (Å²) < 4.78 is 5.32. The number of aromatic nitrogens is 1. The fourth-order valence-corrected chi connectivity index (χ4v) is 3.44. The van der Waals surface area contributed by atoms with Crippen molar-refractivity contribution in [1.82, 2.24) is 4.98 Å². The lowest BCUT2D eigenvalue weighted by Crippen LogP contribution is -2.14. The number of nitrogens with zero attached hydrogens (tertiary/aromatic N) is 1. The topological polar surface area (TPSA) is 63.2 Å². The van der Waals surface area contributed by atoms with Crippen LogP contribution in [0.2, 0.25) is 5.02 Å². The molecule has 1 aromatic heterocycles. The van der Waals surface area contributed by atoms with E-state index in [-0.39, 0.29) is 5.91 Å². The Balaban J connectivity index is 1.64. The molecular formula is C22H26ClN3O2. The van der Waals surface area contributed by atoms with Crippen molar-refractivity contribution in [3.8, 4) is 5.75 Å². The van der Waals surface area contributed by atoms with E-state index in [0.717, 1.165) is 24.2 Å². The van der Waals surface area contributed by atoms with E-state index >= 15 is 0 Å². The molecule has 0 atom stereocenters. The number of allylic oxidation sites excluding steroid dienone is 1. The Labute approximate surface area is 171 Å². The third-order valence-electron chi connectivity index (χ3n) is 4.89. The first kappa shape index (κ1) is 20.2. The molecule has 1 aliphatic rings. The molecule has 5 nitrogen and oxygen atoms in total. The summed E-state index contributed by atoms with van der Waals surface area (Å²) in [6.07, 6.45) is 11.7. The van der Waals surface area contributed by atoms with E-state index in [1.165, 1.54) is 31.3 Å². The third-order valence-corrected chi connectivity index (χ3v) is 5.30. The number of ether oxygens (including phenoxy) is 1. The number of amides is 1. The number of pyridine rings is 1. The van der Waals surface area contributed by atoms with Crippen LogP contribution in [0.25, 0.3) is 0 Å². The van der Waals surface area contributed by atoms with Gasteiger partial charge in [-0.1, -0.05) is 23.3 Å². The molecule has 28 heavy (non-hydrogen) atoms. The molecule has 0 aliphatic heterocycles. The number of carbonyl (C=O) groups excluding carboxylic acids is 1. The highest BCUT2D eigenvalue weighted by Crippen LogP contribution is 2.31. The van der Waals surface area contributed by atoms with E-state index in [1.54, 1.807) is 31.6 Å². The van der Waals surface area contributed by atoms with Crippen molar-refractivity contribution in [1.29, 1.82) is 0 Å². The molecule has 0 spiro atoms. The summed E-state index contributed by atoms with van der Waals surface area (Å²) in [7, 11) is 1.55. The van der Waals surface area contributed by atoms with Crippen LogP contribution in [0, 0.1) is 6.92 Å². The van der Waals surface area contributed by atoms with Crippen LogP contribution in [-0.4, -0.2) is 24.5 Å². The van der Waals surface area contributed by atoms with Crippen molar-refractivity contribution in [2.75, 3.05) is 24.3 Å². The first-order valence-electron chi connectivity index (χ1n) is 9.59. The fraction of sp³-hybridized carbons (Fsp3) is 0.364. The second-order valence-electron chi connectivity index (χ2n) is 7.00. The average Bonchev–Trinajstić information content (AvgIpc) is 2.71. The van der Waals surface area contributed by atoms with E-state index in [1.807, 2.05) is 13.0 Å². The normalized spacial score (nSPS) is 13.6. The number of nitrogens with one attached hydrogen (secondary N) is 2. The Kier molecular flexibility index (Phi) is 6.93. The minimum absolute atomic E-state index is 0.244. The summed E-state index contributed by atoms with van der Waals surface area (Å²) in [6.45, 7) is 2.72. The first-order chi connectivity index (χ1) is 13.6. The van der Waals surface area contributed by atoms with E-state index in [2.05, 4.69) is 21.7 Å². The molecule has 0 radical (unpaired) electrons. The molecule has 0 saturated heterocycles. The van der Waals surface area contributed by atoms with Gasteiger partial charge in [-0.15, -0.1) is 0 Å². The molecule has 148 valence electrons. The fourth-order valence-electron chi connectivity index (χ4n) is 3.28. The SMILES string of the molecule is COc1cc(Cl)c(C)cc1NC(=O)c1cncc(NCCC2=CCCCC2)c1. The van der Waals surface area contributed by atoms with E-state index in [0.29, 0.717) is 22.0 Å². The zero-order valence-electron chi connectivity index (χ0n) is 16.3. The predicted molar refractivity (Wildman–Crippen MR) is 115 cm³/mol. The maximum Gasteiger partial charge on any atom is 0.257 e. The smallest absolute Gasteiger partial charge is 0.257 e. The Morgan fingerprint density at radius 1 is 1.25 bits per heavy atom. The Morgan fingerprint density at radius 3 is 2.86 bits per heavy atom. The zero-order chi connectivity index (χ0) is 19.9. The van der Waals surface area contributed by atoms with Crippen molar-refractivity contribution >= 4 is 28.9 Å². The van der Waals surface area contributed by atoms with Gasteiger partial charge in [-0.25, -0.2) is 0 Å². The second-order valence-corrected chi connectivity index (χ2v) is 7.41. The molecule has 1 aliphatic carbocycles. The van der Waals surface area contributed by atoms with Crippen molar-refractivity contribution in [3.05, 3.63) is 58.4 Å². The molecule has 0 unspecified atom stereocenters. The van der Waals surface area contributed by atoms with Crippen LogP contribution >= 0.6 is 11.6 Å². The molecule has 0 bridgehead atoms. The van der Waals surface area contributed by atoms with Gasteiger partial charge in [0.2, 0.25) is 0 Å². The van der Waals surface area contributed by atoms with Crippen LogP contribution in [0.5, 0.6) is 5.75 Å². The number of hydrogen-bond donors (Lipinski definition) is 2. The monoisotopic (exact) mass is 399 g/mol. The molecule has 1 amide bonds. The average molecular weight is 400 g/mol. The van der Waals surface area contributed by atoms with Gasteiger partial charge in [0, 0.05) is 30.0 Å². The molecule has 0 saturated carbocycles. The number of rotatable bonds is 7. The number of methoxy groups -OCH3 is 1. The van der Waals surface area contributed by atoms with Gasteiger partial charge in [0.1, 0.15) is 5.75 Å². The van der Waals surface area contributed by atoms with Crippen LogP contribution in [0.4, 0.5) is 11.4 Å². The number of aryl methyl sites for hydroxylation is 1. The molecule has 3 rings (SSSR count). The van der Waals surface area contributed by atoms with Gasteiger partial charge in [-0.05, 0) is 56.7 Å². The van der Waals surface area contributed by atoms with Gasteiger partial charge in [-0.2, -0.15) is 0 Å². The molecular weight excluding hydrogens is 374 g/mol. The van der Waals surface area contributed by atoms with Crippen molar-refractivity contribution in [2.45, 2.75) is 39.0 Å². The summed E-state index contributed by atoms with van der Waals surface area (Å²) in [5.74, 6) is 0.276. The largest absolute Gasteiger partial charge is 0.495 e. The van der Waals surface area contributed by atoms with E-state index in [9.17, 15) is 4.79 Å². The van der Waals surface area contributed by atoms with Crippen molar-refractivity contribution in [2.24, 2.45) is 0 Å². The summed E-state index contributed by atoms with van der Waals surface area (Å²) in [5.41, 5.74) is 4.28. The van der Waals surface area contributed by atoms with Crippen LogP contribution in [-0.2, 0) is 0 Å².